The fraction of sp³-hybridized carbons (Fsp3) is 0.476. The van der Waals surface area contributed by atoms with Crippen LogP contribution in [0.3, 0.4) is 0 Å². The van der Waals surface area contributed by atoms with Gasteiger partial charge in [0, 0.05) is 11.6 Å². The van der Waals surface area contributed by atoms with E-state index in [0.29, 0.717) is 5.56 Å². The molecule has 10 N–H and O–H groups in total. The molecule has 10 atom stereocenters. The van der Waals surface area contributed by atoms with E-state index in [0.717, 1.165) is 17.2 Å². The summed E-state index contributed by atoms with van der Waals surface area (Å²) in [5.41, 5.74) is 6.14. The first kappa shape index (κ1) is 36.8. The van der Waals surface area contributed by atoms with Crippen LogP contribution in [0.5, 0.6) is 0 Å². The Morgan fingerprint density at radius 2 is 1.65 bits per heavy atom. The highest BCUT2D eigenvalue weighted by Gasteiger charge is 2.51. The smallest absolute Gasteiger partial charge is 0.481 e. The van der Waals surface area contributed by atoms with E-state index in [1.54, 1.807) is 0 Å². The molecule has 2 saturated heterocycles. The number of rotatable bonds is 13. The molecule has 2 unspecified atom stereocenters. The van der Waals surface area contributed by atoms with Crippen molar-refractivity contribution in [2.75, 3.05) is 18.9 Å². The number of nitrogen functional groups attached to an aromatic ring is 1. The van der Waals surface area contributed by atoms with Crippen molar-refractivity contribution in [3.63, 3.8) is 0 Å². The molecule has 23 nitrogen and oxygen atoms in total. The molecule has 2 aliphatic rings. The van der Waals surface area contributed by atoms with E-state index >= 15 is 0 Å². The molecule has 2 fully saturated rings. The zero-order chi connectivity index (χ0) is 35.2. The summed E-state index contributed by atoms with van der Waals surface area (Å²) in [6.45, 7) is -1.99. The van der Waals surface area contributed by atoms with E-state index < -0.39 is 85.8 Å². The molecule has 0 amide bonds. The maximum absolute atomic E-state index is 12.6. The van der Waals surface area contributed by atoms with E-state index in [1.165, 1.54) is 29.1 Å². The van der Waals surface area contributed by atoms with Crippen molar-refractivity contribution in [2.45, 2.75) is 49.1 Å². The molecule has 264 valence electrons. The number of phosphoric ester groups is 3. The number of phosphoric acid groups is 3. The summed E-state index contributed by atoms with van der Waals surface area (Å²) in [6.07, 6.45) is -7.95. The first-order chi connectivity index (χ1) is 22.4. The summed E-state index contributed by atoms with van der Waals surface area (Å²) in [5.74, 6) is -0.0530. The van der Waals surface area contributed by atoms with Crippen LogP contribution in [0, 0.1) is 5.41 Å². The summed E-state index contributed by atoms with van der Waals surface area (Å²) in [7, 11) is -16.2. The van der Waals surface area contributed by atoms with E-state index in [2.05, 4.69) is 19.3 Å². The number of nitrogens with one attached hydrogen (secondary N) is 1. The van der Waals surface area contributed by atoms with Gasteiger partial charge in [0.15, 0.2) is 36.2 Å². The molecule has 2 aliphatic heterocycles. The van der Waals surface area contributed by atoms with Gasteiger partial charge in [-0.25, -0.2) is 28.6 Å². The average Bonchev–Trinajstić information content (AvgIpc) is 3.64. The average molecular weight is 759 g/mol. The Labute approximate surface area is 274 Å². The monoisotopic (exact) mass is 759 g/mol. The van der Waals surface area contributed by atoms with Crippen LogP contribution in [0.4, 0.5) is 5.82 Å². The highest BCUT2D eigenvalue weighted by molar-refractivity contribution is 7.78. The van der Waals surface area contributed by atoms with Crippen molar-refractivity contribution in [3.8, 4) is 0 Å². The Hall–Kier alpha value is -2.44. The zero-order valence-electron chi connectivity index (χ0n) is 23.9. The van der Waals surface area contributed by atoms with E-state index in [-0.39, 0.29) is 22.0 Å². The normalized spacial score (nSPS) is 30.3. The van der Waals surface area contributed by atoms with Gasteiger partial charge in [0.25, 0.3) is 6.23 Å². The van der Waals surface area contributed by atoms with Crippen LogP contribution < -0.4 is 10.3 Å². The van der Waals surface area contributed by atoms with Gasteiger partial charge >= 0.3 is 23.5 Å². The molecule has 27 heteroatoms. The Morgan fingerprint density at radius 1 is 1.00 bits per heavy atom. The second-order valence-electron chi connectivity index (χ2n) is 10.2. The van der Waals surface area contributed by atoms with Gasteiger partial charge in [-0.05, 0) is 6.07 Å². The molecule has 5 rings (SSSR count). The number of fused-ring (bicyclic) bond motifs is 1. The molecule has 0 aromatic carbocycles. The highest BCUT2D eigenvalue weighted by Crippen LogP contribution is 2.61. The minimum Gasteiger partial charge on any atom is -0.760 e. The van der Waals surface area contributed by atoms with Gasteiger partial charge in [0.2, 0.25) is 0 Å². The number of ether oxygens (including phenoxy) is 2. The second kappa shape index (κ2) is 14.1. The summed E-state index contributed by atoms with van der Waals surface area (Å²) in [6, 6.07) is 3.03. The number of nitrogens with two attached hydrogens (primary N) is 1. The quantitative estimate of drug-likeness (QED) is 0.0295. The maximum Gasteiger partial charge on any atom is 0.481 e. The number of imidazole rings is 1. The lowest BCUT2D eigenvalue weighted by Crippen LogP contribution is -2.46. The van der Waals surface area contributed by atoms with Crippen molar-refractivity contribution in [3.05, 3.63) is 42.7 Å². The number of aliphatic hydroxyl groups excluding tert-OH is 3. The molecule has 3 aromatic heterocycles. The van der Waals surface area contributed by atoms with Gasteiger partial charge in [0.05, 0.1) is 19.5 Å². The molecular formula is C21H28N7O16P3S. The van der Waals surface area contributed by atoms with Gasteiger partial charge in [-0.15, -0.1) is 0 Å². The molecule has 48 heavy (non-hydrogen) atoms. The number of pyridine rings is 1. The minimum atomic E-state index is -5.51. The van der Waals surface area contributed by atoms with Crippen LogP contribution in [-0.2, 0) is 53.7 Å². The largest absolute Gasteiger partial charge is 0.760 e. The van der Waals surface area contributed by atoms with Gasteiger partial charge in [-0.1, -0.05) is 5.04 Å². The summed E-state index contributed by atoms with van der Waals surface area (Å²) in [5, 5.41) is 39.0. The first-order valence-corrected chi connectivity index (χ1v) is 18.2. The first-order valence-electron chi connectivity index (χ1n) is 13.3. The molecule has 0 aliphatic carbocycles. The molecule has 5 heterocycles. The highest BCUT2D eigenvalue weighted by atomic mass is 32.1. The third-order valence-electron chi connectivity index (χ3n) is 6.96. The maximum atomic E-state index is 12.6. The minimum absolute atomic E-state index is 0.00869. The number of nitrogens with zero attached hydrogens (tertiary/aromatic N) is 5. The molecular weight excluding hydrogens is 731 g/mol. The topological polar surface area (TPSA) is 346 Å². The van der Waals surface area contributed by atoms with E-state index in [9.17, 15) is 48.6 Å². The van der Waals surface area contributed by atoms with E-state index in [1.807, 2.05) is 0 Å². The standard InChI is InChI=1S/C21H28N7O16P3S/c22-17-12-19(25-7-24-17)28(8-26-12)21-16(43-45(32,33)34)14(30)11(42-21)6-40-47(37,38)44-46(35,36)39-5-10-13(29)15(31)20(41-10)27-3-1-2-9(4-27)18(23)48/h1-4,7-8,10-11,13-16,20-21,29-31H,5-6H2,(H7-,22,23,24,25,32,33,34,35,36,37,38,48)/t10-,11-,13-,14-,15-,16-,20-,21-/m1/s1. The Bertz CT molecular complexity index is 1820. The van der Waals surface area contributed by atoms with Crippen LogP contribution in [0.25, 0.3) is 11.2 Å². The van der Waals surface area contributed by atoms with Gasteiger partial charge in [-0.2, -0.15) is 8.88 Å². The van der Waals surface area contributed by atoms with Crippen LogP contribution in [0.2, 0.25) is 0 Å². The van der Waals surface area contributed by atoms with Gasteiger partial charge < -0.3 is 68.1 Å². The second-order valence-corrected chi connectivity index (χ2v) is 14.9. The fourth-order valence-electron chi connectivity index (χ4n) is 4.82. The third-order valence-corrected chi connectivity index (χ3v) is 10.3. The SMILES string of the molecule is N=C([S-])c1ccc[n+]([C@@H]2O[C@H](COP(=O)(O)OP(=O)(O)OC[C@H]3O[C@@H](n4cnc5c(N)ncnc54)[C@H](OP(=O)(O)O)[C@@H]3O)[C@@H](O)[C@H]2O)c1. The summed E-state index contributed by atoms with van der Waals surface area (Å²) in [4.78, 5) is 50.7. The predicted molar refractivity (Wildman–Crippen MR) is 156 cm³/mol. The third kappa shape index (κ3) is 8.29. The van der Waals surface area contributed by atoms with Crippen LogP contribution in [0.1, 0.15) is 18.0 Å². The van der Waals surface area contributed by atoms with Crippen LogP contribution in [-0.4, -0.2) is 109 Å². The Balaban J connectivity index is 1.21. The Kier molecular flexibility index (Phi) is 10.8. The number of hydrogen-bond donors (Lipinski definition) is 9. The fourth-order valence-corrected chi connectivity index (χ4v) is 7.58. The van der Waals surface area contributed by atoms with Crippen molar-refractivity contribution in [1.29, 1.82) is 5.41 Å². The lowest BCUT2D eigenvalue weighted by Gasteiger charge is -2.22. The van der Waals surface area contributed by atoms with Crippen molar-refractivity contribution in [2.24, 2.45) is 0 Å². The molecule has 0 spiro atoms. The summed E-state index contributed by atoms with van der Waals surface area (Å²) < 4.78 is 68.6. The van der Waals surface area contributed by atoms with Crippen LogP contribution >= 0.6 is 23.5 Å². The van der Waals surface area contributed by atoms with Crippen molar-refractivity contribution in [1.82, 2.24) is 19.5 Å². The van der Waals surface area contributed by atoms with E-state index in [4.69, 9.17) is 46.8 Å². The number of aromatic nitrogens is 5. The number of anilines is 1. The van der Waals surface area contributed by atoms with Crippen LogP contribution in [0.15, 0.2) is 37.2 Å². The van der Waals surface area contributed by atoms with Gasteiger partial charge in [0.1, 0.15) is 42.4 Å². The molecule has 0 radical (unpaired) electrons. The zero-order valence-corrected chi connectivity index (χ0v) is 27.4. The lowest BCUT2D eigenvalue weighted by molar-refractivity contribution is -0.765. The molecule has 3 aromatic rings. The van der Waals surface area contributed by atoms with Crippen molar-refractivity contribution >= 4 is 58.1 Å². The lowest BCUT2D eigenvalue weighted by atomic mass is 10.1. The molecule has 0 bridgehead atoms. The number of hydrogen-bond acceptors (Lipinski definition) is 18. The predicted octanol–water partition coefficient (Wildman–Crippen LogP) is -2.13. The molecule has 0 saturated carbocycles. The number of aliphatic hydroxyl groups is 3. The Morgan fingerprint density at radius 3 is 2.27 bits per heavy atom. The van der Waals surface area contributed by atoms with Crippen molar-refractivity contribution < 1.29 is 80.5 Å². The summed E-state index contributed by atoms with van der Waals surface area (Å²) >= 11 is 4.81. The van der Waals surface area contributed by atoms with Gasteiger partial charge in [-0.3, -0.25) is 18.1 Å².